The molecule has 3 aromatic heterocycles. The quantitative estimate of drug-likeness (QED) is 0.223. The minimum Gasteiger partial charge on any atom is -0.420 e. The molecule has 0 unspecified atom stereocenters. The third-order valence-corrected chi connectivity index (χ3v) is 7.71. The molecule has 4 heterocycles. The van der Waals surface area contributed by atoms with Crippen LogP contribution in [0.25, 0.3) is 28.3 Å². The monoisotopic (exact) mass is 613 g/mol. The first-order chi connectivity index (χ1) is 21.0. The van der Waals surface area contributed by atoms with Gasteiger partial charge in [-0.2, -0.15) is 5.10 Å². The van der Waals surface area contributed by atoms with Crippen LogP contribution in [0.2, 0.25) is 0 Å². The van der Waals surface area contributed by atoms with E-state index in [-0.39, 0.29) is 17.2 Å². The predicted octanol–water partition coefficient (Wildman–Crippen LogP) is 5.95. The Kier molecular flexibility index (Phi) is 6.22. The molecular weight excluding hydrogens is 592 g/mol. The summed E-state index contributed by atoms with van der Waals surface area (Å²) < 4.78 is 31.9. The number of carbonyl (C=O) groups excluding carboxylic acids is 2. The van der Waals surface area contributed by atoms with E-state index in [1.54, 1.807) is 41.5 Å². The van der Waals surface area contributed by atoms with Gasteiger partial charge in [-0.05, 0) is 73.5 Å². The highest BCUT2D eigenvalue weighted by atomic mass is 35.5. The zero-order chi connectivity index (χ0) is 30.8. The van der Waals surface area contributed by atoms with Gasteiger partial charge in [0.25, 0.3) is 5.91 Å². The lowest BCUT2D eigenvalue weighted by molar-refractivity contribution is -0.119. The number of hydrogen-bond donors (Lipinski definition) is 2. The highest BCUT2D eigenvalue weighted by molar-refractivity contribution is 6.20. The Balaban J connectivity index is 1.26. The lowest BCUT2D eigenvalue weighted by Crippen LogP contribution is -2.27. The summed E-state index contributed by atoms with van der Waals surface area (Å²) in [7, 11) is 0. The minimum absolute atomic E-state index is 0.166. The number of pyridine rings is 1. The molecule has 13 heteroatoms. The predicted molar refractivity (Wildman–Crippen MR) is 158 cm³/mol. The average Bonchev–Trinajstić information content (AvgIpc) is 3.62. The van der Waals surface area contributed by atoms with E-state index in [0.717, 1.165) is 28.1 Å². The first-order valence-electron chi connectivity index (χ1n) is 13.5. The highest BCUT2D eigenvalue weighted by Crippen LogP contribution is 2.46. The largest absolute Gasteiger partial charge is 0.487 e. The molecule has 1 aliphatic carbocycles. The van der Waals surface area contributed by atoms with Crippen LogP contribution < -0.4 is 15.4 Å². The molecule has 5 aromatic rings. The number of benzene rings is 2. The third-order valence-electron chi connectivity index (χ3n) is 7.63. The Morgan fingerprint density at radius 1 is 1.09 bits per heavy atom. The average molecular weight is 614 g/mol. The van der Waals surface area contributed by atoms with Crippen molar-refractivity contribution in [2.75, 3.05) is 10.6 Å². The number of nitrogens with zero attached hydrogens (tertiary/aromatic N) is 5. The van der Waals surface area contributed by atoms with Gasteiger partial charge in [-0.3, -0.25) is 14.6 Å². The third kappa shape index (κ3) is 4.82. The van der Waals surface area contributed by atoms with E-state index in [0.29, 0.717) is 34.9 Å². The Labute approximate surface area is 254 Å². The smallest absolute Gasteiger partial charge is 0.420 e. The molecule has 220 valence electrons. The van der Waals surface area contributed by atoms with Crippen LogP contribution in [0.15, 0.2) is 73.3 Å². The summed E-state index contributed by atoms with van der Waals surface area (Å²) in [6, 6.07) is 12.4. The zero-order valence-corrected chi connectivity index (χ0v) is 24.0. The number of aromatic nitrogens is 5. The summed E-state index contributed by atoms with van der Waals surface area (Å²) in [5.41, 5.74) is 1.98. The number of alkyl halides is 3. The van der Waals surface area contributed by atoms with E-state index >= 15 is 0 Å². The summed E-state index contributed by atoms with van der Waals surface area (Å²) in [6.45, 7) is 3.65. The Bertz CT molecular complexity index is 1970. The van der Waals surface area contributed by atoms with Crippen LogP contribution in [0.5, 0.6) is 5.75 Å². The molecule has 7 rings (SSSR count). The second kappa shape index (κ2) is 9.91. The van der Waals surface area contributed by atoms with Crippen molar-refractivity contribution in [3.63, 3.8) is 0 Å². The number of amides is 2. The van der Waals surface area contributed by atoms with Crippen molar-refractivity contribution in [2.24, 2.45) is 0 Å². The number of hydrogen-bond acceptors (Lipinski definition) is 7. The Hall–Kier alpha value is -5.23. The van der Waals surface area contributed by atoms with Crippen molar-refractivity contribution < 1.29 is 23.1 Å². The molecule has 0 spiro atoms. The van der Waals surface area contributed by atoms with Gasteiger partial charge >= 0.3 is 5.57 Å². The molecule has 0 bridgehead atoms. The van der Waals surface area contributed by atoms with E-state index in [1.165, 1.54) is 24.3 Å². The number of ether oxygens (including phenoxy) is 1. The fourth-order valence-electron chi connectivity index (χ4n) is 5.55. The first-order valence-corrected chi connectivity index (χ1v) is 13.9. The molecule has 10 nitrogen and oxygen atoms in total. The van der Waals surface area contributed by atoms with Crippen molar-refractivity contribution in [2.45, 2.75) is 31.3 Å². The molecule has 2 amide bonds. The van der Waals surface area contributed by atoms with E-state index in [9.17, 15) is 18.4 Å². The second-order valence-corrected chi connectivity index (χ2v) is 11.4. The van der Waals surface area contributed by atoms with Crippen LogP contribution in [0.1, 0.15) is 41.0 Å². The van der Waals surface area contributed by atoms with Gasteiger partial charge in [0.15, 0.2) is 0 Å². The van der Waals surface area contributed by atoms with Gasteiger partial charge in [-0.1, -0.05) is 0 Å². The molecule has 2 N–H and O–H groups in total. The van der Waals surface area contributed by atoms with Gasteiger partial charge in [0, 0.05) is 76.4 Å². The molecule has 2 aromatic carbocycles. The van der Waals surface area contributed by atoms with Crippen molar-refractivity contribution in [3.8, 4) is 34.1 Å². The highest BCUT2D eigenvalue weighted by Gasteiger charge is 2.41. The second-order valence-electron chi connectivity index (χ2n) is 10.9. The summed E-state index contributed by atoms with van der Waals surface area (Å²) in [6.07, 6.45) is 7.52. The van der Waals surface area contributed by atoms with Crippen LogP contribution in [0.3, 0.4) is 0 Å². The molecule has 0 saturated heterocycles. The van der Waals surface area contributed by atoms with E-state index in [2.05, 4.69) is 25.3 Å². The maximum atomic E-state index is 13.4. The Morgan fingerprint density at radius 2 is 1.84 bits per heavy atom. The number of anilines is 2. The van der Waals surface area contributed by atoms with Crippen molar-refractivity contribution in [1.29, 1.82) is 0 Å². The van der Waals surface area contributed by atoms with Crippen molar-refractivity contribution in [1.82, 2.24) is 24.7 Å². The van der Waals surface area contributed by atoms with Crippen molar-refractivity contribution >= 4 is 34.8 Å². The number of carbonyl (C=O) groups is 2. The fraction of sp³-hybridized carbons (Fsp3) is 0.161. The van der Waals surface area contributed by atoms with Gasteiger partial charge < -0.3 is 15.4 Å². The SMILES string of the molecule is CC1(C)C(=O)Nc2cc(C(=O)Nc3ccc(OC(F)(F)Cl)cc3)cc(-c3cnc4c(c3)-c3nn(-c5ncccn5)cc3C4)c21. The van der Waals surface area contributed by atoms with Crippen LogP contribution in [-0.4, -0.2) is 42.1 Å². The molecular formula is C31H22ClF2N7O3. The first kappa shape index (κ1) is 27.6. The fourth-order valence-corrected chi connectivity index (χ4v) is 5.64. The molecule has 2 aliphatic rings. The van der Waals surface area contributed by atoms with Gasteiger partial charge in [0.05, 0.1) is 16.8 Å². The summed E-state index contributed by atoms with van der Waals surface area (Å²) >= 11 is 4.83. The summed E-state index contributed by atoms with van der Waals surface area (Å²) in [4.78, 5) is 39.7. The topological polar surface area (TPSA) is 124 Å². The van der Waals surface area contributed by atoms with Crippen LogP contribution >= 0.6 is 11.6 Å². The zero-order valence-electron chi connectivity index (χ0n) is 23.2. The van der Waals surface area contributed by atoms with E-state index < -0.39 is 16.9 Å². The van der Waals surface area contributed by atoms with Crippen LogP contribution in [-0.2, 0) is 16.6 Å². The summed E-state index contributed by atoms with van der Waals surface area (Å²) in [5.74, 6) is -0.380. The van der Waals surface area contributed by atoms with Gasteiger partial charge in [-0.25, -0.2) is 14.6 Å². The van der Waals surface area contributed by atoms with E-state index in [1.807, 2.05) is 26.1 Å². The lowest BCUT2D eigenvalue weighted by Gasteiger charge is -2.20. The number of rotatable bonds is 6. The standard InChI is InChI=1S/C31H22ClF2N7O3/c1-30(2)25-21(17-11-22-23(37-14-17)13-18-15-41(40-26(18)22)29-35-8-3-9-36-29)10-16(12-24(25)39-28(30)43)27(42)38-19-4-6-20(7-5-19)44-31(32,33)34/h3-12,14-15H,13H2,1-2H3,(H,38,42)(H,39,43). The maximum Gasteiger partial charge on any atom is 0.487 e. The molecule has 44 heavy (non-hydrogen) atoms. The number of fused-ring (bicyclic) bond motifs is 4. The molecule has 1 aliphatic heterocycles. The van der Waals surface area contributed by atoms with Crippen molar-refractivity contribution in [3.05, 3.63) is 95.7 Å². The number of halogens is 3. The minimum atomic E-state index is -3.85. The maximum absolute atomic E-state index is 13.4. The summed E-state index contributed by atoms with van der Waals surface area (Å²) in [5, 5.41) is 10.4. The van der Waals surface area contributed by atoms with E-state index in [4.69, 9.17) is 21.7 Å². The van der Waals surface area contributed by atoms with Gasteiger partial charge in [0.1, 0.15) is 5.75 Å². The van der Waals surface area contributed by atoms with Gasteiger partial charge in [-0.15, -0.1) is 8.78 Å². The molecule has 0 radical (unpaired) electrons. The lowest BCUT2D eigenvalue weighted by atomic mass is 9.80. The normalized spacial score (nSPS) is 14.4. The molecule has 0 fully saturated rings. The molecule has 0 atom stereocenters. The number of nitrogens with one attached hydrogen (secondary N) is 2. The van der Waals surface area contributed by atoms with Crippen LogP contribution in [0, 0.1) is 0 Å². The Morgan fingerprint density at radius 3 is 2.57 bits per heavy atom. The van der Waals surface area contributed by atoms with Crippen LogP contribution in [0.4, 0.5) is 20.2 Å². The van der Waals surface area contributed by atoms with Gasteiger partial charge in [0.2, 0.25) is 11.9 Å². The molecule has 0 saturated carbocycles.